The van der Waals surface area contributed by atoms with Crippen LogP contribution in [0.2, 0.25) is 0 Å². The predicted octanol–water partition coefficient (Wildman–Crippen LogP) is 4.49. The van der Waals surface area contributed by atoms with Gasteiger partial charge in [0.1, 0.15) is 17.2 Å². The Morgan fingerprint density at radius 2 is 1.60 bits per heavy atom. The van der Waals surface area contributed by atoms with Crippen molar-refractivity contribution in [2.24, 2.45) is 0 Å². The minimum Gasteiger partial charge on any atom is -0.462 e. The summed E-state index contributed by atoms with van der Waals surface area (Å²) in [7, 11) is 0. The molecule has 3 aromatic heterocycles. The Labute approximate surface area is 228 Å². The highest BCUT2D eigenvalue weighted by Gasteiger charge is 2.29. The highest BCUT2D eigenvalue weighted by Crippen LogP contribution is 2.38. The molecule has 0 aliphatic carbocycles. The minimum absolute atomic E-state index is 0.0215. The summed E-state index contributed by atoms with van der Waals surface area (Å²) >= 11 is 0. The summed E-state index contributed by atoms with van der Waals surface area (Å²) in [6.45, 7) is 5.54. The van der Waals surface area contributed by atoms with E-state index in [-0.39, 0.29) is 53.1 Å². The summed E-state index contributed by atoms with van der Waals surface area (Å²) in [5.41, 5.74) is 1.14. The van der Waals surface area contributed by atoms with E-state index in [2.05, 4.69) is 30.8 Å². The third-order valence-corrected chi connectivity index (χ3v) is 5.42. The number of carbonyl (C=O) groups excluding carboxylic acids is 3. The van der Waals surface area contributed by atoms with Crippen molar-refractivity contribution >= 4 is 23.8 Å². The van der Waals surface area contributed by atoms with Crippen LogP contribution in [-0.2, 0) is 9.47 Å². The molecule has 0 saturated carbocycles. The Morgan fingerprint density at radius 3 is 2.30 bits per heavy atom. The number of anilines is 1. The van der Waals surface area contributed by atoms with Gasteiger partial charge < -0.3 is 19.2 Å². The Kier molecular flexibility index (Phi) is 8.74. The number of hydrogen-bond donors (Lipinski definition) is 2. The first-order chi connectivity index (χ1) is 19.4. The average molecular weight is 549 g/mol. The normalized spacial score (nSPS) is 10.6. The van der Waals surface area contributed by atoms with Crippen molar-refractivity contribution in [3.8, 4) is 34.0 Å². The Morgan fingerprint density at radius 1 is 0.900 bits per heavy atom. The number of nitrogens with zero attached hydrogens (tertiary/aromatic N) is 4. The smallest absolute Gasteiger partial charge is 0.342 e. The molecule has 0 radical (unpaired) electrons. The molecule has 4 aromatic rings. The molecule has 0 spiro atoms. The second-order valence-corrected chi connectivity index (χ2v) is 8.08. The number of nitrogens with one attached hydrogen (secondary N) is 2. The second-order valence-electron chi connectivity index (χ2n) is 8.08. The van der Waals surface area contributed by atoms with Gasteiger partial charge >= 0.3 is 18.0 Å². The van der Waals surface area contributed by atoms with Gasteiger partial charge in [0, 0.05) is 41.8 Å². The number of amides is 2. The molecule has 2 N–H and O–H groups in total. The lowest BCUT2D eigenvalue weighted by Gasteiger charge is -2.16. The van der Waals surface area contributed by atoms with Crippen LogP contribution in [0.1, 0.15) is 41.5 Å². The van der Waals surface area contributed by atoms with Gasteiger partial charge in [0.05, 0.1) is 24.3 Å². The van der Waals surface area contributed by atoms with Crippen molar-refractivity contribution in [3.05, 3.63) is 65.9 Å². The first-order valence-corrected chi connectivity index (χ1v) is 12.3. The fourth-order valence-electron chi connectivity index (χ4n) is 3.71. The van der Waals surface area contributed by atoms with Crippen LogP contribution in [0.25, 0.3) is 34.0 Å². The van der Waals surface area contributed by atoms with Gasteiger partial charge in [-0.05, 0) is 51.1 Å². The fraction of sp³-hybridized carbons (Fsp3) is 0.222. The average Bonchev–Trinajstić information content (AvgIpc) is 3.43. The molecule has 206 valence electrons. The van der Waals surface area contributed by atoms with Crippen LogP contribution in [0.15, 0.2) is 53.3 Å². The Hall–Kier alpha value is -5.20. The lowest BCUT2D eigenvalue weighted by atomic mass is 9.97. The Balaban J connectivity index is 1.96. The van der Waals surface area contributed by atoms with Crippen molar-refractivity contribution < 1.29 is 32.7 Å². The molecule has 0 aliphatic rings. The molecule has 3 heterocycles. The van der Waals surface area contributed by atoms with Gasteiger partial charge in [-0.1, -0.05) is 0 Å². The summed E-state index contributed by atoms with van der Waals surface area (Å²) in [5.74, 6) is -2.07. The molecule has 13 heteroatoms. The standard InChI is InChI=1S/C27H25FN6O6/c1-4-30-27(37)32-22-21(26(36)39-6-3)20(24-34-33-23(40-24)15-7-9-18(28)10-8-15)19(14-31-22)16-11-17(13-29-12-16)25(35)38-5-2/h7-14H,4-6H2,1-3H3,(H2,30,31,32,37). The summed E-state index contributed by atoms with van der Waals surface area (Å²) in [6, 6.07) is 6.30. The van der Waals surface area contributed by atoms with Crippen molar-refractivity contribution in [2.45, 2.75) is 20.8 Å². The van der Waals surface area contributed by atoms with Crippen molar-refractivity contribution in [2.75, 3.05) is 25.1 Å². The van der Waals surface area contributed by atoms with E-state index in [1.165, 1.54) is 48.9 Å². The topological polar surface area (TPSA) is 158 Å². The zero-order valence-corrected chi connectivity index (χ0v) is 21.9. The highest BCUT2D eigenvalue weighted by atomic mass is 19.1. The van der Waals surface area contributed by atoms with Crippen molar-refractivity contribution in [1.82, 2.24) is 25.5 Å². The van der Waals surface area contributed by atoms with Crippen LogP contribution < -0.4 is 10.6 Å². The van der Waals surface area contributed by atoms with E-state index in [1.807, 2.05) is 0 Å². The zero-order valence-electron chi connectivity index (χ0n) is 21.9. The molecule has 2 amide bonds. The van der Waals surface area contributed by atoms with Crippen LogP contribution in [-0.4, -0.2) is 57.9 Å². The van der Waals surface area contributed by atoms with E-state index < -0.39 is 23.8 Å². The number of rotatable bonds is 9. The van der Waals surface area contributed by atoms with Crippen molar-refractivity contribution in [3.63, 3.8) is 0 Å². The largest absolute Gasteiger partial charge is 0.462 e. The monoisotopic (exact) mass is 548 g/mol. The molecule has 12 nitrogen and oxygen atoms in total. The number of ether oxygens (including phenoxy) is 2. The van der Waals surface area contributed by atoms with Crippen LogP contribution in [0, 0.1) is 5.82 Å². The van der Waals surface area contributed by atoms with E-state index in [0.717, 1.165) is 0 Å². The van der Waals surface area contributed by atoms with Gasteiger partial charge in [-0.25, -0.2) is 23.8 Å². The van der Waals surface area contributed by atoms with Crippen LogP contribution in [0.3, 0.4) is 0 Å². The number of pyridine rings is 2. The van der Waals surface area contributed by atoms with E-state index in [9.17, 15) is 18.8 Å². The summed E-state index contributed by atoms with van der Waals surface area (Å²) in [5, 5.41) is 13.3. The zero-order chi connectivity index (χ0) is 28.6. The van der Waals surface area contributed by atoms with E-state index >= 15 is 0 Å². The van der Waals surface area contributed by atoms with Crippen LogP contribution in [0.4, 0.5) is 15.0 Å². The SMILES string of the molecule is CCNC(=O)Nc1ncc(-c2cncc(C(=O)OCC)c2)c(-c2nnc(-c3ccc(F)cc3)o2)c1C(=O)OCC. The van der Waals surface area contributed by atoms with Crippen LogP contribution >= 0.6 is 0 Å². The third kappa shape index (κ3) is 6.09. The lowest BCUT2D eigenvalue weighted by molar-refractivity contribution is 0.0517. The molecule has 40 heavy (non-hydrogen) atoms. The molecule has 0 unspecified atom stereocenters. The number of esters is 2. The maximum atomic E-state index is 13.5. The summed E-state index contributed by atoms with van der Waals surface area (Å²) < 4.78 is 29.8. The molecule has 0 fully saturated rings. The van der Waals surface area contributed by atoms with Crippen LogP contribution in [0.5, 0.6) is 0 Å². The Bertz CT molecular complexity index is 1540. The summed E-state index contributed by atoms with van der Waals surface area (Å²) in [4.78, 5) is 46.5. The van der Waals surface area contributed by atoms with Gasteiger partial charge in [0.2, 0.25) is 11.8 Å². The van der Waals surface area contributed by atoms with Gasteiger partial charge in [-0.15, -0.1) is 10.2 Å². The first-order valence-electron chi connectivity index (χ1n) is 12.3. The number of benzene rings is 1. The maximum absolute atomic E-state index is 13.5. The van der Waals surface area contributed by atoms with E-state index in [1.54, 1.807) is 20.8 Å². The molecule has 0 aliphatic heterocycles. The van der Waals surface area contributed by atoms with Gasteiger partial charge in [0.25, 0.3) is 0 Å². The van der Waals surface area contributed by atoms with E-state index in [4.69, 9.17) is 13.9 Å². The molecule has 0 bridgehead atoms. The number of hydrogen-bond acceptors (Lipinski definition) is 10. The molecular weight excluding hydrogens is 523 g/mol. The van der Waals surface area contributed by atoms with Crippen molar-refractivity contribution in [1.29, 1.82) is 0 Å². The quantitative estimate of drug-likeness (QED) is 0.285. The molecule has 1 aromatic carbocycles. The number of carbonyl (C=O) groups is 3. The summed E-state index contributed by atoms with van der Waals surface area (Å²) in [6.07, 6.45) is 4.16. The second kappa shape index (κ2) is 12.6. The van der Waals surface area contributed by atoms with E-state index in [0.29, 0.717) is 17.7 Å². The maximum Gasteiger partial charge on any atom is 0.342 e. The lowest BCUT2D eigenvalue weighted by Crippen LogP contribution is -2.29. The number of urea groups is 1. The molecular formula is C27H25FN6O6. The number of aromatic nitrogens is 4. The predicted molar refractivity (Wildman–Crippen MR) is 141 cm³/mol. The van der Waals surface area contributed by atoms with Gasteiger partial charge in [-0.3, -0.25) is 10.3 Å². The highest BCUT2D eigenvalue weighted by molar-refractivity contribution is 6.07. The first kappa shape index (κ1) is 27.8. The fourth-order valence-corrected chi connectivity index (χ4v) is 3.71. The third-order valence-electron chi connectivity index (χ3n) is 5.42. The molecule has 0 saturated heterocycles. The molecule has 0 atom stereocenters. The minimum atomic E-state index is -0.824. The molecule has 4 rings (SSSR count). The van der Waals surface area contributed by atoms with Gasteiger partial charge in [-0.2, -0.15) is 0 Å². The van der Waals surface area contributed by atoms with Gasteiger partial charge in [0.15, 0.2) is 0 Å². The number of halogens is 1.